The average molecular weight is 440 g/mol. The van der Waals surface area contributed by atoms with Crippen LogP contribution in [0.15, 0.2) is 10.6 Å². The molecule has 30 heavy (non-hydrogen) atoms. The molecule has 2 rings (SSSR count). The molecule has 1 aliphatic carbocycles. The Labute approximate surface area is 187 Å². The predicted molar refractivity (Wildman–Crippen MR) is 123 cm³/mol. The number of thioether (sulfide) groups is 1. The minimum Gasteiger partial charge on any atom is -0.465 e. The van der Waals surface area contributed by atoms with Crippen LogP contribution in [0.2, 0.25) is 0 Å². The number of ether oxygens (including phenoxy) is 1. The predicted octanol–water partition coefficient (Wildman–Crippen LogP) is 5.13. The first-order valence-corrected chi connectivity index (χ1v) is 12.4. The highest BCUT2D eigenvalue weighted by molar-refractivity contribution is 8.04. The fraction of sp³-hybridized carbons (Fsp3) is 0.833. The van der Waals surface area contributed by atoms with E-state index in [1.807, 2.05) is 4.90 Å². The second kappa shape index (κ2) is 11.0. The lowest BCUT2D eigenvalue weighted by Gasteiger charge is -2.33. The number of aliphatic hydroxyl groups excluding tert-OH is 1. The molecule has 1 saturated carbocycles. The molecule has 0 aromatic rings. The molecule has 2 aliphatic rings. The third-order valence-corrected chi connectivity index (χ3v) is 8.30. The summed E-state index contributed by atoms with van der Waals surface area (Å²) in [6, 6.07) is 0. The molecule has 1 fully saturated rings. The summed E-state index contributed by atoms with van der Waals surface area (Å²) in [4.78, 5) is 28.6. The smallest absolute Gasteiger partial charge is 0.346 e. The van der Waals surface area contributed by atoms with Gasteiger partial charge in [0.05, 0.1) is 13.2 Å². The SMILES string of the molecule is CCCC(O)CCN(C(=O)C1CCC(C)CC1)C1=C(C(=O)OC)SC(C(C)(C)C)C1. The summed E-state index contributed by atoms with van der Waals surface area (Å²) in [5.74, 6) is 0.448. The maximum absolute atomic E-state index is 13.6. The topological polar surface area (TPSA) is 66.8 Å². The minimum atomic E-state index is -0.425. The fourth-order valence-corrected chi connectivity index (χ4v) is 5.74. The van der Waals surface area contributed by atoms with Gasteiger partial charge in [-0.15, -0.1) is 11.8 Å². The Morgan fingerprint density at radius 3 is 2.37 bits per heavy atom. The van der Waals surface area contributed by atoms with Crippen LogP contribution in [-0.2, 0) is 14.3 Å². The molecule has 0 bridgehead atoms. The van der Waals surface area contributed by atoms with Crippen molar-refractivity contribution in [1.82, 2.24) is 4.90 Å². The van der Waals surface area contributed by atoms with E-state index in [4.69, 9.17) is 4.74 Å². The molecule has 5 nitrogen and oxygen atoms in total. The number of aliphatic hydroxyl groups is 1. The monoisotopic (exact) mass is 439 g/mol. The lowest BCUT2D eigenvalue weighted by molar-refractivity contribution is -0.136. The van der Waals surface area contributed by atoms with Crippen LogP contribution in [-0.4, -0.2) is 46.9 Å². The second-order valence-electron chi connectivity index (χ2n) is 10.1. The normalized spacial score (nSPS) is 25.9. The summed E-state index contributed by atoms with van der Waals surface area (Å²) in [7, 11) is 1.40. The first-order chi connectivity index (χ1) is 14.1. The molecule has 1 aliphatic heterocycles. The highest BCUT2D eigenvalue weighted by Gasteiger charge is 2.41. The van der Waals surface area contributed by atoms with Gasteiger partial charge in [-0.2, -0.15) is 0 Å². The van der Waals surface area contributed by atoms with Gasteiger partial charge in [-0.25, -0.2) is 4.79 Å². The van der Waals surface area contributed by atoms with E-state index in [-0.39, 0.29) is 28.5 Å². The van der Waals surface area contributed by atoms with Crippen molar-refractivity contribution >= 4 is 23.6 Å². The quantitative estimate of drug-likeness (QED) is 0.531. The Kier molecular flexibility index (Phi) is 9.29. The van der Waals surface area contributed by atoms with Gasteiger partial charge >= 0.3 is 5.97 Å². The largest absolute Gasteiger partial charge is 0.465 e. The summed E-state index contributed by atoms with van der Waals surface area (Å²) in [5.41, 5.74) is 0.807. The molecule has 2 unspecified atom stereocenters. The Hall–Kier alpha value is -1.01. The number of carbonyl (C=O) groups is 2. The average Bonchev–Trinajstić information content (AvgIpc) is 3.14. The van der Waals surface area contributed by atoms with Crippen LogP contribution in [0.4, 0.5) is 0 Å². The molecule has 1 amide bonds. The summed E-state index contributed by atoms with van der Waals surface area (Å²) in [6.45, 7) is 11.3. The zero-order valence-electron chi connectivity index (χ0n) is 19.7. The summed E-state index contributed by atoms with van der Waals surface area (Å²) < 4.78 is 5.07. The van der Waals surface area contributed by atoms with Crippen molar-refractivity contribution in [3.8, 4) is 0 Å². The number of methoxy groups -OCH3 is 1. The molecule has 1 N–H and O–H groups in total. The van der Waals surface area contributed by atoms with E-state index in [0.29, 0.717) is 30.2 Å². The maximum Gasteiger partial charge on any atom is 0.346 e. The number of carbonyl (C=O) groups excluding carboxylic acids is 2. The highest BCUT2D eigenvalue weighted by Crippen LogP contribution is 2.48. The van der Waals surface area contributed by atoms with Crippen LogP contribution in [0.5, 0.6) is 0 Å². The van der Waals surface area contributed by atoms with Gasteiger partial charge in [0.2, 0.25) is 5.91 Å². The number of rotatable bonds is 8. The fourth-order valence-electron chi connectivity index (χ4n) is 4.36. The zero-order chi connectivity index (χ0) is 22.5. The van der Waals surface area contributed by atoms with Crippen molar-refractivity contribution in [3.05, 3.63) is 10.6 Å². The number of hydrogen-bond donors (Lipinski definition) is 1. The molecule has 0 aromatic heterocycles. The van der Waals surface area contributed by atoms with Crippen LogP contribution in [0.25, 0.3) is 0 Å². The molecule has 0 saturated heterocycles. The Bertz CT molecular complexity index is 632. The molecule has 2 atom stereocenters. The van der Waals surface area contributed by atoms with Crippen LogP contribution in [0.3, 0.4) is 0 Å². The van der Waals surface area contributed by atoms with Gasteiger partial charge in [0, 0.05) is 29.8 Å². The first kappa shape index (κ1) is 25.3. The summed E-state index contributed by atoms with van der Waals surface area (Å²) >= 11 is 1.54. The number of nitrogens with zero attached hydrogens (tertiary/aromatic N) is 1. The van der Waals surface area contributed by atoms with Gasteiger partial charge in [-0.1, -0.05) is 41.0 Å². The molecule has 0 spiro atoms. The van der Waals surface area contributed by atoms with Crippen molar-refractivity contribution in [2.75, 3.05) is 13.7 Å². The maximum atomic E-state index is 13.6. The minimum absolute atomic E-state index is 0.00238. The Morgan fingerprint density at radius 2 is 1.83 bits per heavy atom. The number of allylic oxidation sites excluding steroid dienone is 1. The van der Waals surface area contributed by atoms with E-state index in [1.165, 1.54) is 7.11 Å². The van der Waals surface area contributed by atoms with Gasteiger partial charge in [0.25, 0.3) is 0 Å². The lowest BCUT2D eigenvalue weighted by atomic mass is 9.82. The van der Waals surface area contributed by atoms with Crippen LogP contribution < -0.4 is 0 Å². The standard InChI is InChI=1S/C24H41NO4S/c1-7-8-18(26)13-14-25(22(27)17-11-9-16(2)10-12-17)19-15-20(24(3,4)5)30-21(19)23(28)29-6/h16-18,20,26H,7-15H2,1-6H3. The second-order valence-corrected chi connectivity index (χ2v) is 11.3. The van der Waals surface area contributed by atoms with Crippen LogP contribution in [0, 0.1) is 17.3 Å². The third-order valence-electron chi connectivity index (χ3n) is 6.50. The third kappa shape index (κ3) is 6.49. The van der Waals surface area contributed by atoms with E-state index < -0.39 is 6.10 Å². The first-order valence-electron chi connectivity index (χ1n) is 11.6. The van der Waals surface area contributed by atoms with Crippen molar-refractivity contribution in [2.45, 2.75) is 97.3 Å². The number of esters is 1. The Morgan fingerprint density at radius 1 is 1.20 bits per heavy atom. The molecule has 6 heteroatoms. The summed E-state index contributed by atoms with van der Waals surface area (Å²) in [5, 5.41) is 10.5. The summed E-state index contributed by atoms with van der Waals surface area (Å²) in [6.07, 6.45) is 6.39. The molecule has 0 radical (unpaired) electrons. The van der Waals surface area contributed by atoms with E-state index in [0.717, 1.165) is 44.2 Å². The van der Waals surface area contributed by atoms with E-state index in [1.54, 1.807) is 11.8 Å². The molecular formula is C24H41NO4S. The molecular weight excluding hydrogens is 398 g/mol. The van der Waals surface area contributed by atoms with Gasteiger partial charge < -0.3 is 14.7 Å². The van der Waals surface area contributed by atoms with Gasteiger partial charge in [0.1, 0.15) is 4.91 Å². The van der Waals surface area contributed by atoms with Crippen molar-refractivity contribution in [1.29, 1.82) is 0 Å². The zero-order valence-corrected chi connectivity index (χ0v) is 20.5. The highest BCUT2D eigenvalue weighted by atomic mass is 32.2. The number of amides is 1. The van der Waals surface area contributed by atoms with Crippen LogP contribution in [0.1, 0.15) is 86.0 Å². The molecule has 1 heterocycles. The van der Waals surface area contributed by atoms with Crippen molar-refractivity contribution < 1.29 is 19.4 Å². The van der Waals surface area contributed by atoms with Gasteiger partial charge in [-0.3, -0.25) is 4.79 Å². The van der Waals surface area contributed by atoms with E-state index in [9.17, 15) is 14.7 Å². The number of hydrogen-bond acceptors (Lipinski definition) is 5. The van der Waals surface area contributed by atoms with Crippen molar-refractivity contribution in [2.24, 2.45) is 17.3 Å². The molecule has 172 valence electrons. The molecule has 0 aromatic carbocycles. The van der Waals surface area contributed by atoms with E-state index in [2.05, 4.69) is 34.6 Å². The van der Waals surface area contributed by atoms with Gasteiger partial charge in [0.15, 0.2) is 0 Å². The van der Waals surface area contributed by atoms with Gasteiger partial charge in [-0.05, 0) is 49.9 Å². The lowest BCUT2D eigenvalue weighted by Crippen LogP contribution is -2.39. The Balaban J connectivity index is 2.32. The van der Waals surface area contributed by atoms with Crippen molar-refractivity contribution in [3.63, 3.8) is 0 Å². The van der Waals surface area contributed by atoms with E-state index >= 15 is 0 Å². The van der Waals surface area contributed by atoms with Crippen LogP contribution >= 0.6 is 11.8 Å².